The lowest BCUT2D eigenvalue weighted by Gasteiger charge is -2.15. The van der Waals surface area contributed by atoms with E-state index in [1.54, 1.807) is 5.32 Å². The van der Waals surface area contributed by atoms with Crippen LogP contribution in [0.4, 0.5) is 49.6 Å². The second kappa shape index (κ2) is 8.04. The van der Waals surface area contributed by atoms with Crippen molar-refractivity contribution in [3.63, 3.8) is 0 Å². The van der Waals surface area contributed by atoms with Crippen molar-refractivity contribution in [2.24, 2.45) is 0 Å². The predicted octanol–water partition coefficient (Wildman–Crippen LogP) is 5.72. The fraction of sp³-hybridized carbons (Fsp3) is 0.167. The minimum Gasteiger partial charge on any atom is -0.321 e. The largest absolute Gasteiger partial charge is 0.435 e. The quantitative estimate of drug-likeness (QED) is 0.483. The Bertz CT molecular complexity index is 1140. The maximum absolute atomic E-state index is 13.6. The van der Waals surface area contributed by atoms with Crippen molar-refractivity contribution in [1.29, 1.82) is 0 Å². The third-order valence-electron chi connectivity index (χ3n) is 4.07. The van der Waals surface area contributed by atoms with Crippen molar-refractivity contribution >= 4 is 11.6 Å². The van der Waals surface area contributed by atoms with Gasteiger partial charge in [-0.2, -0.15) is 39.5 Å². The number of aromatic nitrogens is 3. The Balaban J connectivity index is 2.06. The van der Waals surface area contributed by atoms with Gasteiger partial charge in [0.05, 0.1) is 16.8 Å². The highest BCUT2D eigenvalue weighted by molar-refractivity contribution is 6.03. The van der Waals surface area contributed by atoms with E-state index < -0.39 is 58.5 Å². The Kier molecular flexibility index (Phi) is 5.85. The number of benzene rings is 2. The first-order chi connectivity index (χ1) is 15.1. The van der Waals surface area contributed by atoms with E-state index in [9.17, 15) is 48.7 Å². The molecule has 0 aliphatic heterocycles. The average Bonchev–Trinajstić information content (AvgIpc) is 3.13. The molecule has 1 aromatic heterocycles. The number of nitrogens with zero attached hydrogens (tertiary/aromatic N) is 3. The second-order valence-electron chi connectivity index (χ2n) is 6.42. The number of rotatable bonds is 3. The van der Waals surface area contributed by atoms with Gasteiger partial charge < -0.3 is 5.32 Å². The van der Waals surface area contributed by atoms with Crippen LogP contribution in [-0.4, -0.2) is 20.9 Å². The predicted molar refractivity (Wildman–Crippen MR) is 90.7 cm³/mol. The summed E-state index contributed by atoms with van der Waals surface area (Å²) >= 11 is 0. The molecule has 1 amide bonds. The number of carbonyl (C=O) groups excluding carboxylic acids is 1. The lowest BCUT2D eigenvalue weighted by molar-refractivity contribution is -0.144. The zero-order valence-corrected chi connectivity index (χ0v) is 15.6. The van der Waals surface area contributed by atoms with Gasteiger partial charge in [-0.05, 0) is 42.5 Å². The first kappa shape index (κ1) is 24.0. The van der Waals surface area contributed by atoms with Gasteiger partial charge in [-0.25, -0.2) is 9.07 Å². The fourth-order valence-corrected chi connectivity index (χ4v) is 2.67. The van der Waals surface area contributed by atoms with Gasteiger partial charge in [0.1, 0.15) is 5.82 Å². The normalized spacial score (nSPS) is 12.7. The molecular weight excluding hydrogens is 478 g/mol. The van der Waals surface area contributed by atoms with E-state index in [4.69, 9.17) is 0 Å². The second-order valence-corrected chi connectivity index (χ2v) is 6.42. The summed E-state index contributed by atoms with van der Waals surface area (Å²) in [7, 11) is 0. The van der Waals surface area contributed by atoms with E-state index in [2.05, 4.69) is 10.3 Å². The first-order valence-electron chi connectivity index (χ1n) is 8.47. The summed E-state index contributed by atoms with van der Waals surface area (Å²) in [6.45, 7) is 0. The van der Waals surface area contributed by atoms with Crippen molar-refractivity contribution < 1.29 is 48.7 Å². The monoisotopic (exact) mass is 486 g/mol. The molecule has 1 heterocycles. The Labute approximate surface area is 176 Å². The molecule has 0 saturated carbocycles. The molecule has 0 spiro atoms. The summed E-state index contributed by atoms with van der Waals surface area (Å²) in [5.74, 6) is -2.57. The number of carbonyl (C=O) groups is 1. The first-order valence-corrected chi connectivity index (χ1v) is 8.47. The van der Waals surface area contributed by atoms with Gasteiger partial charge >= 0.3 is 18.5 Å². The van der Waals surface area contributed by atoms with E-state index in [1.165, 1.54) is 0 Å². The van der Waals surface area contributed by atoms with Crippen LogP contribution in [0.2, 0.25) is 0 Å². The number of halogens is 10. The van der Waals surface area contributed by atoms with Gasteiger partial charge in [0.15, 0.2) is 11.4 Å². The summed E-state index contributed by atoms with van der Waals surface area (Å²) in [5, 5.41) is 7.78. The van der Waals surface area contributed by atoms with Gasteiger partial charge in [0, 0.05) is 5.69 Å². The van der Waals surface area contributed by atoms with E-state index in [1.807, 2.05) is 0 Å². The van der Waals surface area contributed by atoms with Crippen LogP contribution < -0.4 is 5.32 Å². The topological polar surface area (TPSA) is 59.8 Å². The minimum absolute atomic E-state index is 0.116. The molecule has 15 heteroatoms. The summed E-state index contributed by atoms with van der Waals surface area (Å²) < 4.78 is 132. The highest BCUT2D eigenvalue weighted by atomic mass is 19.4. The number of amides is 1. The van der Waals surface area contributed by atoms with Crippen molar-refractivity contribution in [3.05, 3.63) is 70.8 Å². The van der Waals surface area contributed by atoms with Gasteiger partial charge in [-0.1, -0.05) is 5.21 Å². The molecule has 33 heavy (non-hydrogen) atoms. The van der Waals surface area contributed by atoms with Gasteiger partial charge in [-0.3, -0.25) is 4.79 Å². The fourth-order valence-electron chi connectivity index (χ4n) is 2.67. The summed E-state index contributed by atoms with van der Waals surface area (Å²) in [5.41, 5.74) is -8.25. The van der Waals surface area contributed by atoms with Gasteiger partial charge in [0.2, 0.25) is 0 Å². The maximum Gasteiger partial charge on any atom is 0.435 e. The molecule has 0 fully saturated rings. The van der Waals surface area contributed by atoms with Crippen LogP contribution in [0.1, 0.15) is 27.3 Å². The van der Waals surface area contributed by atoms with Gasteiger partial charge in [-0.15, -0.1) is 5.10 Å². The number of hydrogen-bond donors (Lipinski definition) is 1. The van der Waals surface area contributed by atoms with Crippen LogP contribution in [0.3, 0.4) is 0 Å². The zero-order chi connectivity index (χ0) is 24.8. The Morgan fingerprint density at radius 2 is 1.30 bits per heavy atom. The third-order valence-corrected chi connectivity index (χ3v) is 4.07. The zero-order valence-electron chi connectivity index (χ0n) is 15.6. The smallest absolute Gasteiger partial charge is 0.321 e. The standard InChI is InChI=1S/C18H8F10N4O/c19-10-1-3-12(4-2-10)32-14(18(26,27)28)13(30-31-32)15(33)29-11-6-8(16(20,21)22)5-9(7-11)17(23,24)25/h1-7H,(H,29,33). The van der Waals surface area contributed by atoms with Crippen LogP contribution in [0.25, 0.3) is 5.69 Å². The van der Waals surface area contributed by atoms with Crippen LogP contribution in [-0.2, 0) is 18.5 Å². The molecule has 0 aliphatic rings. The summed E-state index contributed by atoms with van der Waals surface area (Å²) in [6, 6.07) is 3.35. The van der Waals surface area contributed by atoms with Crippen molar-refractivity contribution in [1.82, 2.24) is 15.0 Å². The average molecular weight is 486 g/mol. The molecule has 5 nitrogen and oxygen atoms in total. The summed E-state index contributed by atoms with van der Waals surface area (Å²) in [6.07, 6.45) is -15.8. The maximum atomic E-state index is 13.6. The molecule has 3 aromatic rings. The molecule has 0 saturated heterocycles. The molecule has 1 N–H and O–H groups in total. The number of anilines is 1. The molecular formula is C18H8F10N4O. The molecule has 2 aromatic carbocycles. The van der Waals surface area contributed by atoms with E-state index in [0.717, 1.165) is 24.3 Å². The number of hydrogen-bond acceptors (Lipinski definition) is 3. The minimum atomic E-state index is -5.28. The van der Waals surface area contributed by atoms with Crippen LogP contribution in [0.15, 0.2) is 42.5 Å². The van der Waals surface area contributed by atoms with E-state index in [0.29, 0.717) is 0 Å². The summed E-state index contributed by atoms with van der Waals surface area (Å²) in [4.78, 5) is 12.4. The SMILES string of the molecule is O=C(Nc1cc(C(F)(F)F)cc(C(F)(F)F)c1)c1nnn(-c2ccc(F)cc2)c1C(F)(F)F. The van der Waals surface area contributed by atoms with Crippen LogP contribution >= 0.6 is 0 Å². The van der Waals surface area contributed by atoms with Crippen molar-refractivity contribution in [2.75, 3.05) is 5.32 Å². The Morgan fingerprint density at radius 3 is 1.76 bits per heavy atom. The Morgan fingerprint density at radius 1 is 0.788 bits per heavy atom. The molecule has 0 aliphatic carbocycles. The molecule has 0 bridgehead atoms. The van der Waals surface area contributed by atoms with E-state index in [-0.39, 0.29) is 28.6 Å². The number of nitrogens with one attached hydrogen (secondary N) is 1. The number of alkyl halides is 9. The lowest BCUT2D eigenvalue weighted by atomic mass is 10.1. The highest BCUT2D eigenvalue weighted by Gasteiger charge is 2.42. The molecule has 0 radical (unpaired) electrons. The van der Waals surface area contributed by atoms with Gasteiger partial charge in [0.25, 0.3) is 5.91 Å². The third kappa shape index (κ3) is 5.23. The Hall–Kier alpha value is -3.65. The molecule has 0 atom stereocenters. The van der Waals surface area contributed by atoms with Crippen LogP contribution in [0.5, 0.6) is 0 Å². The van der Waals surface area contributed by atoms with Crippen molar-refractivity contribution in [3.8, 4) is 5.69 Å². The van der Waals surface area contributed by atoms with Crippen LogP contribution in [0, 0.1) is 5.82 Å². The highest BCUT2D eigenvalue weighted by Crippen LogP contribution is 2.38. The molecule has 176 valence electrons. The molecule has 3 rings (SSSR count). The lowest BCUT2D eigenvalue weighted by Crippen LogP contribution is -2.22. The molecule has 0 unspecified atom stereocenters. The van der Waals surface area contributed by atoms with E-state index >= 15 is 0 Å². The van der Waals surface area contributed by atoms with Crippen molar-refractivity contribution in [2.45, 2.75) is 18.5 Å².